The molecule has 3 N–H and O–H groups in total. The fraction of sp³-hybridized carbons (Fsp3) is 0.536. The van der Waals surface area contributed by atoms with Gasteiger partial charge in [0.15, 0.2) is 0 Å². The van der Waals surface area contributed by atoms with Crippen LogP contribution >= 0.6 is 11.3 Å². The quantitative estimate of drug-likeness (QED) is 0.477. The van der Waals surface area contributed by atoms with E-state index < -0.39 is 29.5 Å². The molecule has 2 saturated heterocycles. The predicted molar refractivity (Wildman–Crippen MR) is 147 cm³/mol. The molecule has 210 valence electrons. The van der Waals surface area contributed by atoms with Crippen molar-refractivity contribution in [2.45, 2.75) is 65.8 Å². The molecule has 0 spiro atoms. The van der Waals surface area contributed by atoms with E-state index in [2.05, 4.69) is 15.6 Å². The topological polar surface area (TPSA) is 132 Å². The molecule has 4 amide bonds. The number of likely N-dealkylation sites (tertiary alicyclic amines) is 2. The largest absolute Gasteiger partial charge is 0.391 e. The van der Waals surface area contributed by atoms with Crippen molar-refractivity contribution in [3.8, 4) is 10.4 Å². The maximum absolute atomic E-state index is 13.7. The van der Waals surface area contributed by atoms with Gasteiger partial charge in [-0.05, 0) is 23.5 Å². The summed E-state index contributed by atoms with van der Waals surface area (Å²) in [7, 11) is 0. The van der Waals surface area contributed by atoms with E-state index in [9.17, 15) is 24.3 Å². The maximum atomic E-state index is 13.7. The lowest BCUT2D eigenvalue weighted by atomic mass is 9.84. The molecule has 2 aromatic rings. The Labute approximate surface area is 232 Å². The number of aryl methyl sites for hydroxylation is 1. The van der Waals surface area contributed by atoms with Gasteiger partial charge < -0.3 is 25.5 Å². The number of hydrogen-bond donors (Lipinski definition) is 3. The summed E-state index contributed by atoms with van der Waals surface area (Å²) in [5, 5.41) is 16.1. The molecule has 11 heteroatoms. The highest BCUT2D eigenvalue weighted by molar-refractivity contribution is 7.13. The van der Waals surface area contributed by atoms with Gasteiger partial charge in [-0.3, -0.25) is 19.2 Å². The molecule has 0 saturated carbocycles. The van der Waals surface area contributed by atoms with E-state index in [-0.39, 0.29) is 43.1 Å². The van der Waals surface area contributed by atoms with Gasteiger partial charge in [0.25, 0.3) is 0 Å². The van der Waals surface area contributed by atoms with Crippen molar-refractivity contribution in [2.24, 2.45) is 11.3 Å². The molecule has 2 fully saturated rings. The van der Waals surface area contributed by atoms with Gasteiger partial charge in [0, 0.05) is 39.5 Å². The van der Waals surface area contributed by atoms with Crippen LogP contribution < -0.4 is 10.6 Å². The van der Waals surface area contributed by atoms with Crippen LogP contribution in [-0.4, -0.2) is 81.3 Å². The molecule has 1 aromatic heterocycles. The van der Waals surface area contributed by atoms with Crippen molar-refractivity contribution in [3.05, 3.63) is 41.0 Å². The third-order valence-electron chi connectivity index (χ3n) is 7.39. The van der Waals surface area contributed by atoms with Gasteiger partial charge in [0.2, 0.25) is 23.6 Å². The minimum absolute atomic E-state index is 0.0177. The minimum Gasteiger partial charge on any atom is -0.391 e. The molecule has 39 heavy (non-hydrogen) atoms. The zero-order chi connectivity index (χ0) is 28.5. The molecule has 0 unspecified atom stereocenters. The van der Waals surface area contributed by atoms with Crippen LogP contribution in [0.2, 0.25) is 0 Å². The second-order valence-corrected chi connectivity index (χ2v) is 12.4. The first-order valence-electron chi connectivity index (χ1n) is 13.2. The number of hydrogen-bond acceptors (Lipinski definition) is 7. The second kappa shape index (κ2) is 11.4. The molecule has 0 radical (unpaired) electrons. The van der Waals surface area contributed by atoms with Crippen LogP contribution in [-0.2, 0) is 25.7 Å². The minimum atomic E-state index is -0.889. The number of nitrogens with zero attached hydrogens (tertiary/aromatic N) is 3. The van der Waals surface area contributed by atoms with Gasteiger partial charge in [-0.2, -0.15) is 0 Å². The molecule has 2 aliphatic heterocycles. The number of aliphatic hydroxyl groups excluding tert-OH is 1. The number of amides is 4. The summed E-state index contributed by atoms with van der Waals surface area (Å²) in [6.07, 6.45) is -0.707. The summed E-state index contributed by atoms with van der Waals surface area (Å²) >= 11 is 1.58. The smallest absolute Gasteiger partial charge is 0.246 e. The standard InChI is InChI=1S/C28H37N5O5S/c1-16-23(39-15-30-16)19-8-6-18(7-9-19)11-29-26(37)22-10-21(35)14-33(22)27(38)24(28(3,4)5)31-25(36)20-12-32(13-20)17(2)34/h6-9,15,20-22,24,35H,10-14H2,1-5H3,(H,29,37)(H,31,36)/t21-,22+,24-/m1/s1. The first-order chi connectivity index (χ1) is 18.3. The van der Waals surface area contributed by atoms with E-state index >= 15 is 0 Å². The molecular formula is C28H37N5O5S. The Kier molecular flexibility index (Phi) is 8.41. The molecular weight excluding hydrogens is 518 g/mol. The van der Waals surface area contributed by atoms with Crippen molar-refractivity contribution < 1.29 is 24.3 Å². The normalized spacial score (nSPS) is 20.4. The van der Waals surface area contributed by atoms with E-state index in [1.54, 1.807) is 16.2 Å². The molecule has 2 aliphatic rings. The number of nitrogens with one attached hydrogen (secondary N) is 2. The van der Waals surface area contributed by atoms with E-state index in [0.717, 1.165) is 21.7 Å². The van der Waals surface area contributed by atoms with Crippen molar-refractivity contribution in [1.29, 1.82) is 0 Å². The highest BCUT2D eigenvalue weighted by Crippen LogP contribution is 2.29. The Morgan fingerprint density at radius 3 is 2.33 bits per heavy atom. The number of aromatic nitrogens is 1. The highest BCUT2D eigenvalue weighted by Gasteiger charge is 2.45. The van der Waals surface area contributed by atoms with Crippen LogP contribution in [0.15, 0.2) is 29.8 Å². The number of carbonyl (C=O) groups excluding carboxylic acids is 4. The lowest BCUT2D eigenvalue weighted by Gasteiger charge is -2.40. The first-order valence-corrected chi connectivity index (χ1v) is 14.0. The number of benzene rings is 1. The van der Waals surface area contributed by atoms with E-state index in [4.69, 9.17) is 0 Å². The van der Waals surface area contributed by atoms with Gasteiger partial charge in [0.05, 0.1) is 28.1 Å². The summed E-state index contributed by atoms with van der Waals surface area (Å²) in [6, 6.07) is 6.14. The summed E-state index contributed by atoms with van der Waals surface area (Å²) in [5.41, 5.74) is 4.12. The van der Waals surface area contributed by atoms with Crippen molar-refractivity contribution in [2.75, 3.05) is 19.6 Å². The van der Waals surface area contributed by atoms with Gasteiger partial charge in [0.1, 0.15) is 12.1 Å². The van der Waals surface area contributed by atoms with Crippen LogP contribution in [0.4, 0.5) is 0 Å². The molecule has 1 aromatic carbocycles. The summed E-state index contributed by atoms with van der Waals surface area (Å²) in [6.45, 7) is 9.90. The highest BCUT2D eigenvalue weighted by atomic mass is 32.1. The van der Waals surface area contributed by atoms with Crippen LogP contribution in [0.1, 0.15) is 45.4 Å². The number of rotatable bonds is 7. The molecule has 4 rings (SSSR count). The van der Waals surface area contributed by atoms with Gasteiger partial charge in [-0.1, -0.05) is 45.0 Å². The van der Waals surface area contributed by atoms with Gasteiger partial charge >= 0.3 is 0 Å². The third-order valence-corrected chi connectivity index (χ3v) is 8.37. The summed E-state index contributed by atoms with van der Waals surface area (Å²) in [4.78, 5) is 59.6. The number of β-amino-alcohol motifs (C(OH)–C–C–N with tert-alkyl or cyclic N) is 1. The summed E-state index contributed by atoms with van der Waals surface area (Å²) < 4.78 is 0. The van der Waals surface area contributed by atoms with Gasteiger partial charge in [-0.25, -0.2) is 4.98 Å². The van der Waals surface area contributed by atoms with Crippen molar-refractivity contribution >= 4 is 35.0 Å². The second-order valence-electron chi connectivity index (χ2n) is 11.5. The van der Waals surface area contributed by atoms with E-state index in [1.807, 2.05) is 57.5 Å². The average Bonchev–Trinajstić information content (AvgIpc) is 3.44. The Morgan fingerprint density at radius 1 is 1.10 bits per heavy atom. The molecule has 10 nitrogen and oxygen atoms in total. The Hall–Kier alpha value is -3.31. The molecule has 3 atom stereocenters. The van der Waals surface area contributed by atoms with E-state index in [0.29, 0.717) is 13.1 Å². The Bertz CT molecular complexity index is 1230. The van der Waals surface area contributed by atoms with Crippen LogP contribution in [0.3, 0.4) is 0 Å². The first kappa shape index (κ1) is 28.7. The lowest BCUT2D eigenvalue weighted by Crippen LogP contribution is -2.62. The Balaban J connectivity index is 1.39. The zero-order valence-electron chi connectivity index (χ0n) is 23.1. The van der Waals surface area contributed by atoms with Crippen molar-refractivity contribution in [1.82, 2.24) is 25.4 Å². The third kappa shape index (κ3) is 6.47. The molecule has 3 heterocycles. The Morgan fingerprint density at radius 2 is 1.77 bits per heavy atom. The predicted octanol–water partition coefficient (Wildman–Crippen LogP) is 1.71. The number of carbonyl (C=O) groups is 4. The zero-order valence-corrected chi connectivity index (χ0v) is 23.9. The summed E-state index contributed by atoms with van der Waals surface area (Å²) in [5.74, 6) is -1.51. The number of thiazole rings is 1. The number of aliphatic hydroxyl groups is 1. The van der Waals surface area contributed by atoms with E-state index in [1.165, 1.54) is 11.8 Å². The average molecular weight is 556 g/mol. The van der Waals surface area contributed by atoms with Crippen molar-refractivity contribution in [3.63, 3.8) is 0 Å². The van der Waals surface area contributed by atoms with Crippen LogP contribution in [0.5, 0.6) is 0 Å². The maximum Gasteiger partial charge on any atom is 0.246 e. The van der Waals surface area contributed by atoms with Crippen LogP contribution in [0.25, 0.3) is 10.4 Å². The SMILES string of the molecule is CC(=O)N1CC(C(=O)N[C@H](C(=O)N2C[C@H](O)C[C@H]2C(=O)NCc2ccc(-c3scnc3C)cc2)C(C)(C)C)C1. The molecule has 0 bridgehead atoms. The lowest BCUT2D eigenvalue weighted by molar-refractivity contribution is -0.147. The fourth-order valence-corrected chi connectivity index (χ4v) is 5.75. The van der Waals surface area contributed by atoms with Crippen LogP contribution in [0, 0.1) is 18.3 Å². The monoisotopic (exact) mass is 555 g/mol. The fourth-order valence-electron chi connectivity index (χ4n) is 4.94. The van der Waals surface area contributed by atoms with Gasteiger partial charge in [-0.15, -0.1) is 11.3 Å². The molecule has 0 aliphatic carbocycles.